The molecule has 0 saturated heterocycles. The molecule has 0 aliphatic heterocycles. The molecular formula is C21H20N4O4. The first kappa shape index (κ1) is 18.7. The highest BCUT2D eigenvalue weighted by Crippen LogP contribution is 2.35. The van der Waals surface area contributed by atoms with E-state index in [1.54, 1.807) is 10.9 Å². The summed E-state index contributed by atoms with van der Waals surface area (Å²) in [6, 6.07) is 11.1. The summed E-state index contributed by atoms with van der Waals surface area (Å²) < 4.78 is 1.71. The van der Waals surface area contributed by atoms with Gasteiger partial charge in [0.1, 0.15) is 5.75 Å². The lowest BCUT2D eigenvalue weighted by atomic mass is 9.74. The smallest absolute Gasteiger partial charge is 0.305 e. The number of hydrogen-bond acceptors (Lipinski definition) is 5. The molecule has 4 rings (SSSR count). The molecule has 1 saturated carbocycles. The lowest BCUT2D eigenvalue weighted by molar-refractivity contribution is -0.139. The zero-order valence-electron chi connectivity index (χ0n) is 15.6. The minimum atomic E-state index is -0.965. The van der Waals surface area contributed by atoms with Crippen molar-refractivity contribution in [3.05, 3.63) is 60.7 Å². The Balaban J connectivity index is 1.53. The molecule has 1 amide bonds. The molecule has 1 aliphatic carbocycles. The Morgan fingerprint density at radius 3 is 2.52 bits per heavy atom. The maximum Gasteiger partial charge on any atom is 0.305 e. The number of amides is 1. The first-order valence-corrected chi connectivity index (χ1v) is 9.30. The quantitative estimate of drug-likeness (QED) is 0.594. The third-order valence-electron chi connectivity index (χ3n) is 5.20. The third-order valence-corrected chi connectivity index (χ3v) is 5.20. The molecule has 8 heteroatoms. The van der Waals surface area contributed by atoms with Gasteiger partial charge in [-0.2, -0.15) is 5.10 Å². The van der Waals surface area contributed by atoms with Crippen LogP contribution >= 0.6 is 0 Å². The number of carboxylic acid groups (broad SMARTS) is 1. The van der Waals surface area contributed by atoms with E-state index in [1.807, 2.05) is 36.5 Å². The summed E-state index contributed by atoms with van der Waals surface area (Å²) in [5.41, 5.74) is 1.37. The van der Waals surface area contributed by atoms with E-state index in [4.69, 9.17) is 5.11 Å². The van der Waals surface area contributed by atoms with E-state index in [2.05, 4.69) is 15.4 Å². The van der Waals surface area contributed by atoms with Gasteiger partial charge in [-0.05, 0) is 37.5 Å². The van der Waals surface area contributed by atoms with Crippen LogP contribution < -0.4 is 5.32 Å². The number of pyridine rings is 1. The van der Waals surface area contributed by atoms with Gasteiger partial charge >= 0.3 is 5.97 Å². The second-order valence-electron chi connectivity index (χ2n) is 7.26. The van der Waals surface area contributed by atoms with E-state index >= 15 is 0 Å². The highest BCUT2D eigenvalue weighted by molar-refractivity contribution is 5.96. The van der Waals surface area contributed by atoms with Crippen molar-refractivity contribution in [2.75, 3.05) is 0 Å². The molecule has 0 unspecified atom stereocenters. The lowest BCUT2D eigenvalue weighted by Gasteiger charge is -2.41. The highest BCUT2D eigenvalue weighted by atomic mass is 16.4. The SMILES string of the molecule is O=C(O)CC1(NC(=O)c2ncc(-c3cnn(-c4ccccc4)c3)cc2O)CCC1. The minimum Gasteiger partial charge on any atom is -0.505 e. The van der Waals surface area contributed by atoms with E-state index in [0.717, 1.165) is 17.7 Å². The van der Waals surface area contributed by atoms with Gasteiger partial charge < -0.3 is 15.5 Å². The fourth-order valence-corrected chi connectivity index (χ4v) is 3.52. The number of carboxylic acids is 1. The number of aromatic nitrogens is 3. The van der Waals surface area contributed by atoms with Gasteiger partial charge in [0.25, 0.3) is 5.91 Å². The van der Waals surface area contributed by atoms with Crippen LogP contribution in [0, 0.1) is 0 Å². The summed E-state index contributed by atoms with van der Waals surface area (Å²) in [5, 5.41) is 26.5. The van der Waals surface area contributed by atoms with Gasteiger partial charge in [0.05, 0.1) is 23.8 Å². The molecule has 29 heavy (non-hydrogen) atoms. The Kier molecular flexibility index (Phi) is 4.75. The van der Waals surface area contributed by atoms with Gasteiger partial charge in [-0.15, -0.1) is 0 Å². The number of carbonyl (C=O) groups excluding carboxylic acids is 1. The number of rotatable bonds is 6. The zero-order chi connectivity index (χ0) is 20.4. The van der Waals surface area contributed by atoms with E-state index < -0.39 is 17.4 Å². The maximum atomic E-state index is 12.5. The number of nitrogens with one attached hydrogen (secondary N) is 1. The summed E-state index contributed by atoms with van der Waals surface area (Å²) in [5.74, 6) is -1.81. The first-order chi connectivity index (χ1) is 14.0. The van der Waals surface area contributed by atoms with Crippen molar-refractivity contribution < 1.29 is 19.8 Å². The second kappa shape index (κ2) is 7.38. The number of nitrogens with zero attached hydrogens (tertiary/aromatic N) is 3. The summed E-state index contributed by atoms with van der Waals surface area (Å²) in [7, 11) is 0. The number of aromatic hydroxyl groups is 1. The van der Waals surface area contributed by atoms with Crippen molar-refractivity contribution in [2.24, 2.45) is 0 Å². The fourth-order valence-electron chi connectivity index (χ4n) is 3.52. The number of para-hydroxylation sites is 1. The van der Waals surface area contributed by atoms with Crippen LogP contribution in [0.15, 0.2) is 55.0 Å². The molecule has 2 heterocycles. The number of aliphatic carboxylic acids is 1. The number of benzene rings is 1. The normalized spacial score (nSPS) is 14.8. The fraction of sp³-hybridized carbons (Fsp3) is 0.238. The summed E-state index contributed by atoms with van der Waals surface area (Å²) >= 11 is 0. The van der Waals surface area contributed by atoms with Crippen molar-refractivity contribution >= 4 is 11.9 Å². The highest BCUT2D eigenvalue weighted by Gasteiger charge is 2.41. The van der Waals surface area contributed by atoms with E-state index in [-0.39, 0.29) is 17.9 Å². The Morgan fingerprint density at radius 1 is 1.14 bits per heavy atom. The van der Waals surface area contributed by atoms with Crippen LogP contribution in [-0.2, 0) is 4.79 Å². The largest absolute Gasteiger partial charge is 0.505 e. The Bertz CT molecular complexity index is 1060. The van der Waals surface area contributed by atoms with Crippen molar-refractivity contribution in [1.82, 2.24) is 20.1 Å². The first-order valence-electron chi connectivity index (χ1n) is 9.30. The molecule has 0 atom stereocenters. The molecule has 1 fully saturated rings. The molecule has 0 spiro atoms. The van der Waals surface area contributed by atoms with Gasteiger partial charge in [0.15, 0.2) is 5.69 Å². The molecule has 1 aliphatic rings. The van der Waals surface area contributed by atoms with Gasteiger partial charge in [0, 0.05) is 23.5 Å². The van der Waals surface area contributed by atoms with Gasteiger partial charge in [-0.25, -0.2) is 9.67 Å². The summed E-state index contributed by atoms with van der Waals surface area (Å²) in [6.07, 6.45) is 6.87. The average molecular weight is 392 g/mol. The van der Waals surface area contributed by atoms with Gasteiger partial charge in [0.2, 0.25) is 0 Å². The standard InChI is InChI=1S/C21H20N4O4/c26-17-9-14(15-12-23-25(13-15)16-5-2-1-3-6-16)11-22-19(17)20(29)24-21(7-4-8-21)10-18(27)28/h1-3,5-6,9,11-13,26H,4,7-8,10H2,(H,24,29)(H,27,28). The van der Waals surface area contributed by atoms with Crippen molar-refractivity contribution in [3.63, 3.8) is 0 Å². The van der Waals surface area contributed by atoms with Crippen LogP contribution in [-0.4, -0.2) is 42.4 Å². The molecular weight excluding hydrogens is 372 g/mol. The molecule has 3 N–H and O–H groups in total. The molecule has 2 aromatic heterocycles. The predicted octanol–water partition coefficient (Wildman–Crippen LogP) is 2.77. The van der Waals surface area contributed by atoms with E-state index in [1.165, 1.54) is 12.3 Å². The van der Waals surface area contributed by atoms with Crippen LogP contribution in [0.5, 0.6) is 5.75 Å². The second-order valence-corrected chi connectivity index (χ2v) is 7.26. The van der Waals surface area contributed by atoms with Crippen LogP contribution in [0.2, 0.25) is 0 Å². The monoisotopic (exact) mass is 392 g/mol. The van der Waals surface area contributed by atoms with Gasteiger partial charge in [-0.3, -0.25) is 9.59 Å². The summed E-state index contributed by atoms with van der Waals surface area (Å²) in [6.45, 7) is 0. The van der Waals surface area contributed by atoms with Crippen molar-refractivity contribution in [2.45, 2.75) is 31.2 Å². The van der Waals surface area contributed by atoms with E-state index in [0.29, 0.717) is 18.4 Å². The van der Waals surface area contributed by atoms with Crippen LogP contribution in [0.25, 0.3) is 16.8 Å². The Hall–Kier alpha value is -3.68. The zero-order valence-corrected chi connectivity index (χ0v) is 15.6. The van der Waals surface area contributed by atoms with Crippen molar-refractivity contribution in [3.8, 4) is 22.6 Å². The average Bonchev–Trinajstić information content (AvgIpc) is 3.16. The molecule has 0 bridgehead atoms. The molecule has 3 aromatic rings. The van der Waals surface area contributed by atoms with Crippen LogP contribution in [0.3, 0.4) is 0 Å². The third kappa shape index (κ3) is 3.82. The number of hydrogen-bond donors (Lipinski definition) is 3. The van der Waals surface area contributed by atoms with Crippen LogP contribution in [0.4, 0.5) is 0 Å². The maximum absolute atomic E-state index is 12.5. The molecule has 1 aromatic carbocycles. The minimum absolute atomic E-state index is 0.124. The predicted molar refractivity (Wildman–Crippen MR) is 105 cm³/mol. The Labute approximate surface area is 166 Å². The topological polar surface area (TPSA) is 117 Å². The Morgan fingerprint density at radius 2 is 1.90 bits per heavy atom. The summed E-state index contributed by atoms with van der Waals surface area (Å²) in [4.78, 5) is 27.7. The van der Waals surface area contributed by atoms with Gasteiger partial charge in [-0.1, -0.05) is 18.2 Å². The molecule has 8 nitrogen and oxygen atoms in total. The van der Waals surface area contributed by atoms with E-state index in [9.17, 15) is 14.7 Å². The molecule has 0 radical (unpaired) electrons. The molecule has 148 valence electrons. The lowest BCUT2D eigenvalue weighted by Crippen LogP contribution is -2.54. The number of carbonyl (C=O) groups is 2. The van der Waals surface area contributed by atoms with Crippen molar-refractivity contribution in [1.29, 1.82) is 0 Å². The van der Waals surface area contributed by atoms with Crippen LogP contribution in [0.1, 0.15) is 36.2 Å².